The highest BCUT2D eigenvalue weighted by Gasteiger charge is 2.17. The molecule has 1 heterocycles. The third-order valence-electron chi connectivity index (χ3n) is 4.45. The minimum absolute atomic E-state index is 0.0653. The second kappa shape index (κ2) is 8.18. The predicted molar refractivity (Wildman–Crippen MR) is 101 cm³/mol. The summed E-state index contributed by atoms with van der Waals surface area (Å²) in [5, 5.41) is 2.90. The fraction of sp³-hybridized carbons (Fsp3) is 0.350. The molecule has 0 radical (unpaired) electrons. The number of aryl methyl sites for hydroxylation is 1. The van der Waals surface area contributed by atoms with Gasteiger partial charge in [0.2, 0.25) is 6.79 Å². The van der Waals surface area contributed by atoms with Gasteiger partial charge in [0.15, 0.2) is 29.5 Å². The molecule has 7 heteroatoms. The minimum atomic E-state index is -0.0653. The van der Waals surface area contributed by atoms with E-state index in [0.717, 1.165) is 16.0 Å². The van der Waals surface area contributed by atoms with Crippen LogP contribution in [-0.4, -0.2) is 40.5 Å². The number of hydrogen-bond donors (Lipinski definition) is 2. The second-order valence-corrected chi connectivity index (χ2v) is 6.56. The van der Waals surface area contributed by atoms with Gasteiger partial charge < -0.3 is 29.2 Å². The normalized spacial score (nSPS) is 13.2. The minimum Gasteiger partial charge on any atom is -0.493 e. The number of carbonyl (C=O) groups excluding carboxylic acids is 1. The van der Waals surface area contributed by atoms with Crippen molar-refractivity contribution in [2.24, 2.45) is 0 Å². The molecule has 1 amide bonds. The van der Waals surface area contributed by atoms with E-state index < -0.39 is 0 Å². The Hall–Kier alpha value is -2.93. The fourth-order valence-electron chi connectivity index (χ4n) is 3.05. The van der Waals surface area contributed by atoms with Crippen LogP contribution in [-0.2, 0) is 11.3 Å². The average Bonchev–Trinajstić information content (AvgIpc) is 3.10. The van der Waals surface area contributed by atoms with E-state index in [0.29, 0.717) is 41.8 Å². The first-order valence-electron chi connectivity index (χ1n) is 8.72. The first-order chi connectivity index (χ1) is 13.0. The SMILES string of the molecule is COc1cc(C)c(C[NH+](C)CC(=O)Nc2ccc3c(c2)OCO3)cc1OC. The van der Waals surface area contributed by atoms with Gasteiger partial charge in [-0.1, -0.05) is 0 Å². The zero-order chi connectivity index (χ0) is 19.4. The molecular formula is C20H25N2O5+. The van der Waals surface area contributed by atoms with Gasteiger partial charge in [0, 0.05) is 17.3 Å². The number of methoxy groups -OCH3 is 2. The van der Waals surface area contributed by atoms with Crippen molar-refractivity contribution in [3.63, 3.8) is 0 Å². The summed E-state index contributed by atoms with van der Waals surface area (Å²) in [7, 11) is 5.22. The van der Waals surface area contributed by atoms with Crippen molar-refractivity contribution in [1.29, 1.82) is 0 Å². The summed E-state index contributed by atoms with van der Waals surface area (Å²) >= 11 is 0. The number of benzene rings is 2. The number of ether oxygens (including phenoxy) is 4. The number of rotatable bonds is 7. The van der Waals surface area contributed by atoms with Crippen molar-refractivity contribution in [2.45, 2.75) is 13.5 Å². The number of amides is 1. The highest BCUT2D eigenvalue weighted by Crippen LogP contribution is 2.34. The molecule has 2 N–H and O–H groups in total. The summed E-state index contributed by atoms with van der Waals surface area (Å²) < 4.78 is 21.3. The highest BCUT2D eigenvalue weighted by molar-refractivity contribution is 5.91. The molecule has 144 valence electrons. The summed E-state index contributed by atoms with van der Waals surface area (Å²) in [6.45, 7) is 3.27. The highest BCUT2D eigenvalue weighted by atomic mass is 16.7. The molecule has 1 aliphatic heterocycles. The van der Waals surface area contributed by atoms with Crippen LogP contribution in [0.1, 0.15) is 11.1 Å². The van der Waals surface area contributed by atoms with Crippen LogP contribution >= 0.6 is 0 Å². The van der Waals surface area contributed by atoms with Crippen LogP contribution in [0.5, 0.6) is 23.0 Å². The average molecular weight is 373 g/mol. The monoisotopic (exact) mass is 373 g/mol. The molecule has 3 rings (SSSR count). The van der Waals surface area contributed by atoms with Gasteiger partial charge in [0.25, 0.3) is 5.91 Å². The van der Waals surface area contributed by atoms with Crippen molar-refractivity contribution in [3.05, 3.63) is 41.5 Å². The maximum Gasteiger partial charge on any atom is 0.279 e. The van der Waals surface area contributed by atoms with E-state index in [9.17, 15) is 4.79 Å². The summed E-state index contributed by atoms with van der Waals surface area (Å²) in [4.78, 5) is 13.4. The van der Waals surface area contributed by atoms with Gasteiger partial charge in [-0.3, -0.25) is 4.79 Å². The Kier molecular flexibility index (Phi) is 5.71. The van der Waals surface area contributed by atoms with Gasteiger partial charge in [-0.2, -0.15) is 0 Å². The van der Waals surface area contributed by atoms with Crippen molar-refractivity contribution in [3.8, 4) is 23.0 Å². The Morgan fingerprint density at radius 3 is 2.56 bits per heavy atom. The zero-order valence-electron chi connectivity index (χ0n) is 16.0. The molecule has 0 spiro atoms. The molecule has 1 unspecified atom stereocenters. The Bertz CT molecular complexity index is 837. The number of nitrogens with one attached hydrogen (secondary N) is 2. The number of anilines is 1. The molecule has 27 heavy (non-hydrogen) atoms. The van der Waals surface area contributed by atoms with E-state index in [4.69, 9.17) is 18.9 Å². The molecule has 2 aromatic carbocycles. The van der Waals surface area contributed by atoms with Crippen molar-refractivity contribution in [2.75, 3.05) is 39.9 Å². The molecule has 2 aromatic rings. The number of fused-ring (bicyclic) bond motifs is 1. The number of hydrogen-bond acceptors (Lipinski definition) is 5. The van der Waals surface area contributed by atoms with E-state index >= 15 is 0 Å². The quantitative estimate of drug-likeness (QED) is 0.768. The summed E-state index contributed by atoms with van der Waals surface area (Å²) in [6, 6.07) is 9.29. The zero-order valence-corrected chi connectivity index (χ0v) is 16.0. The molecule has 0 aromatic heterocycles. The molecule has 0 aliphatic carbocycles. The largest absolute Gasteiger partial charge is 0.493 e. The van der Waals surface area contributed by atoms with Gasteiger partial charge in [0.05, 0.1) is 21.3 Å². The lowest BCUT2D eigenvalue weighted by Gasteiger charge is -2.17. The topological polar surface area (TPSA) is 70.5 Å². The molecule has 1 aliphatic rings. The third-order valence-corrected chi connectivity index (χ3v) is 4.45. The molecule has 0 fully saturated rings. The summed E-state index contributed by atoms with van der Waals surface area (Å²) in [5.41, 5.74) is 2.91. The fourth-order valence-corrected chi connectivity index (χ4v) is 3.05. The lowest BCUT2D eigenvalue weighted by Crippen LogP contribution is -3.08. The van der Waals surface area contributed by atoms with Crippen molar-refractivity contribution >= 4 is 11.6 Å². The molecule has 0 saturated carbocycles. The lowest BCUT2D eigenvalue weighted by molar-refractivity contribution is -0.885. The van der Waals surface area contributed by atoms with E-state index in [1.54, 1.807) is 32.4 Å². The molecular weight excluding hydrogens is 348 g/mol. The van der Waals surface area contributed by atoms with Crippen molar-refractivity contribution in [1.82, 2.24) is 0 Å². The number of carbonyl (C=O) groups is 1. The van der Waals surface area contributed by atoms with E-state index in [2.05, 4.69) is 5.32 Å². The Morgan fingerprint density at radius 2 is 1.81 bits per heavy atom. The molecule has 1 atom stereocenters. The molecule has 7 nitrogen and oxygen atoms in total. The van der Waals surface area contributed by atoms with Crippen LogP contribution in [0.15, 0.2) is 30.3 Å². The number of likely N-dealkylation sites (N-methyl/N-ethyl adjacent to an activating group) is 1. The van der Waals surface area contributed by atoms with Gasteiger partial charge >= 0.3 is 0 Å². The van der Waals surface area contributed by atoms with Gasteiger partial charge in [0.1, 0.15) is 6.54 Å². The van der Waals surface area contributed by atoms with Crippen LogP contribution in [0.25, 0.3) is 0 Å². The van der Waals surface area contributed by atoms with Crippen LogP contribution in [0, 0.1) is 6.92 Å². The Labute approximate surface area is 158 Å². The number of quaternary nitrogens is 1. The summed E-state index contributed by atoms with van der Waals surface area (Å²) in [5.74, 6) is 2.67. The second-order valence-electron chi connectivity index (χ2n) is 6.56. The van der Waals surface area contributed by atoms with Crippen LogP contribution in [0.3, 0.4) is 0 Å². The standard InChI is InChI=1S/C20H24N2O5/c1-13-7-17(24-3)18(25-4)8-14(13)10-22(2)11-20(23)21-15-5-6-16-19(9-15)27-12-26-16/h5-9H,10-12H2,1-4H3,(H,21,23)/p+1. The van der Waals surface area contributed by atoms with E-state index in [1.807, 2.05) is 26.1 Å². The van der Waals surface area contributed by atoms with Crippen molar-refractivity contribution < 1.29 is 28.6 Å². The molecule has 0 bridgehead atoms. The molecule has 0 saturated heterocycles. The maximum atomic E-state index is 12.4. The first kappa shape index (κ1) is 18.8. The smallest absolute Gasteiger partial charge is 0.279 e. The predicted octanol–water partition coefficient (Wildman–Crippen LogP) is 1.39. The van der Waals surface area contributed by atoms with Crippen LogP contribution < -0.4 is 29.2 Å². The van der Waals surface area contributed by atoms with Gasteiger partial charge in [-0.05, 0) is 36.8 Å². The first-order valence-corrected chi connectivity index (χ1v) is 8.72. The van der Waals surface area contributed by atoms with Gasteiger partial charge in [-0.25, -0.2) is 0 Å². The van der Waals surface area contributed by atoms with Gasteiger partial charge in [-0.15, -0.1) is 0 Å². The van der Waals surface area contributed by atoms with Crippen LogP contribution in [0.4, 0.5) is 5.69 Å². The maximum absolute atomic E-state index is 12.4. The summed E-state index contributed by atoms with van der Waals surface area (Å²) in [6.07, 6.45) is 0. The lowest BCUT2D eigenvalue weighted by atomic mass is 10.1. The Morgan fingerprint density at radius 1 is 1.11 bits per heavy atom. The third kappa shape index (κ3) is 4.43. The van der Waals surface area contributed by atoms with E-state index in [1.165, 1.54) is 0 Å². The Balaban J connectivity index is 1.60. The van der Waals surface area contributed by atoms with Crippen LogP contribution in [0.2, 0.25) is 0 Å². The van der Waals surface area contributed by atoms with E-state index in [-0.39, 0.29) is 12.7 Å².